The van der Waals surface area contributed by atoms with E-state index in [1.54, 1.807) is 0 Å². The van der Waals surface area contributed by atoms with Crippen LogP contribution in [0.3, 0.4) is 0 Å². The summed E-state index contributed by atoms with van der Waals surface area (Å²) in [5.41, 5.74) is 5.40. The van der Waals surface area contributed by atoms with Crippen molar-refractivity contribution in [1.82, 2.24) is 0 Å². The van der Waals surface area contributed by atoms with E-state index in [1.165, 1.54) is 24.3 Å². The molecule has 10 nitrogen and oxygen atoms in total. The average Bonchev–Trinajstić information content (AvgIpc) is 3.11. The van der Waals surface area contributed by atoms with E-state index in [9.17, 15) is 30.4 Å². The van der Waals surface area contributed by atoms with E-state index in [1.807, 2.05) is 24.3 Å². The standard InChI is InChI=1S/C46H58N2O8/c1-9-11-13-15-55-43-33-17-29-25-39(47(51)52)27-31(41(29)49)19-35-23-38(46(6,7)8)24-36(44(35)56-16-14-12-10-2)20-32-28-40(48(53)54)26-30(42(32)50)18-34(43)22-37(21-33)45(3,4)5/h21-28,49-50H,9-20H2,1-8H3. The van der Waals surface area contributed by atoms with Crippen LogP contribution in [-0.2, 0) is 36.5 Å². The number of unbranched alkanes of at least 4 members (excludes halogenated alkanes) is 4. The Morgan fingerprint density at radius 3 is 1.04 bits per heavy atom. The summed E-state index contributed by atoms with van der Waals surface area (Å²) < 4.78 is 13.1. The summed E-state index contributed by atoms with van der Waals surface area (Å²) in [7, 11) is 0. The fraction of sp³-hybridized carbons (Fsp3) is 0.478. The maximum atomic E-state index is 12.5. The van der Waals surface area contributed by atoms with Gasteiger partial charge in [-0.05, 0) is 57.1 Å². The topological polar surface area (TPSA) is 145 Å². The number of hydrogen-bond donors (Lipinski definition) is 2. The van der Waals surface area contributed by atoms with Gasteiger partial charge in [0.25, 0.3) is 11.4 Å². The van der Waals surface area contributed by atoms with Crippen LogP contribution in [-0.4, -0.2) is 33.3 Å². The summed E-state index contributed by atoms with van der Waals surface area (Å²) in [5, 5.41) is 49.1. The third-order valence-electron chi connectivity index (χ3n) is 10.7. The lowest BCUT2D eigenvalue weighted by molar-refractivity contribution is -0.385. The molecule has 0 saturated carbocycles. The Kier molecular flexibility index (Phi) is 13.0. The zero-order valence-corrected chi connectivity index (χ0v) is 34.3. The molecular weight excluding hydrogens is 709 g/mol. The lowest BCUT2D eigenvalue weighted by Gasteiger charge is -2.26. The zero-order chi connectivity index (χ0) is 40.9. The molecule has 10 heteroatoms. The van der Waals surface area contributed by atoms with E-state index < -0.39 is 9.85 Å². The molecule has 0 saturated heterocycles. The van der Waals surface area contributed by atoms with E-state index in [2.05, 4.69) is 55.4 Å². The van der Waals surface area contributed by atoms with Crippen molar-refractivity contribution in [3.05, 3.63) is 124 Å². The third kappa shape index (κ3) is 9.81. The van der Waals surface area contributed by atoms with Crippen LogP contribution >= 0.6 is 0 Å². The molecule has 0 atom stereocenters. The first-order chi connectivity index (χ1) is 26.4. The summed E-state index contributed by atoms with van der Waals surface area (Å²) in [6.45, 7) is 17.5. The number of hydrogen-bond acceptors (Lipinski definition) is 8. The van der Waals surface area contributed by atoms with E-state index in [0.717, 1.165) is 71.9 Å². The van der Waals surface area contributed by atoms with Crippen LogP contribution in [0, 0.1) is 20.2 Å². The van der Waals surface area contributed by atoms with Gasteiger partial charge in [-0.15, -0.1) is 0 Å². The second-order valence-electron chi connectivity index (χ2n) is 17.3. The number of benzene rings is 4. The predicted octanol–water partition coefficient (Wildman–Crippen LogP) is 11.3. The van der Waals surface area contributed by atoms with Gasteiger partial charge in [0.2, 0.25) is 0 Å². The lowest BCUT2D eigenvalue weighted by Crippen LogP contribution is -2.15. The number of rotatable bonds is 12. The number of nitro groups is 2. The van der Waals surface area contributed by atoms with E-state index in [-0.39, 0.29) is 59.4 Å². The molecule has 0 aliphatic heterocycles. The van der Waals surface area contributed by atoms with Gasteiger partial charge in [-0.3, -0.25) is 20.2 Å². The third-order valence-corrected chi connectivity index (χ3v) is 10.7. The number of phenols is 2. The van der Waals surface area contributed by atoms with Gasteiger partial charge in [-0.2, -0.15) is 0 Å². The molecule has 0 radical (unpaired) electrons. The average molecular weight is 767 g/mol. The van der Waals surface area contributed by atoms with Crippen molar-refractivity contribution in [3.8, 4) is 23.0 Å². The molecule has 1 aliphatic carbocycles. The molecule has 56 heavy (non-hydrogen) atoms. The first-order valence-electron chi connectivity index (χ1n) is 20.0. The smallest absolute Gasteiger partial charge is 0.270 e. The molecular formula is C46H58N2O8. The Morgan fingerprint density at radius 1 is 0.518 bits per heavy atom. The van der Waals surface area contributed by atoms with E-state index in [0.29, 0.717) is 47.0 Å². The zero-order valence-electron chi connectivity index (χ0n) is 34.3. The van der Waals surface area contributed by atoms with Crippen LogP contribution < -0.4 is 9.47 Å². The van der Waals surface area contributed by atoms with E-state index >= 15 is 0 Å². The van der Waals surface area contributed by atoms with Gasteiger partial charge in [0.15, 0.2) is 0 Å². The summed E-state index contributed by atoms with van der Waals surface area (Å²) >= 11 is 0. The highest BCUT2D eigenvalue weighted by atomic mass is 16.6. The highest BCUT2D eigenvalue weighted by molar-refractivity contribution is 5.60. The number of fused-ring (bicyclic) bond motifs is 8. The molecule has 0 amide bonds. The molecule has 1 aliphatic rings. The van der Waals surface area contributed by atoms with Gasteiger partial charge in [-0.1, -0.05) is 105 Å². The fourth-order valence-corrected chi connectivity index (χ4v) is 7.38. The molecule has 5 rings (SSSR count). The Hall–Kier alpha value is -5.12. The number of nitrogens with zero attached hydrogens (tertiary/aromatic N) is 2. The summed E-state index contributed by atoms with van der Waals surface area (Å²) in [5.74, 6) is 1.04. The number of nitro benzene ring substituents is 2. The SMILES string of the molecule is CCCCCOc1c2cc(C(C)(C)C)cc1Cc1cc([N+](=O)[O-])cc(c1O)Cc1cc(C(C)(C)C)cc(c1OCCCCC)Cc1cc([N+](=O)[O-])cc(c1O)C2. The van der Waals surface area contributed by atoms with Crippen molar-refractivity contribution in [2.75, 3.05) is 13.2 Å². The minimum Gasteiger partial charge on any atom is -0.507 e. The minimum absolute atomic E-state index is 0.0273. The Balaban J connectivity index is 1.88. The van der Waals surface area contributed by atoms with Crippen LogP contribution in [0.5, 0.6) is 23.0 Å². The maximum absolute atomic E-state index is 12.5. The molecule has 0 aromatic heterocycles. The first kappa shape index (κ1) is 42.0. The van der Waals surface area contributed by atoms with Crippen LogP contribution in [0.2, 0.25) is 0 Å². The van der Waals surface area contributed by atoms with Gasteiger partial charge >= 0.3 is 0 Å². The summed E-state index contributed by atoms with van der Waals surface area (Å²) in [6.07, 6.45) is 5.99. The largest absolute Gasteiger partial charge is 0.507 e. The van der Waals surface area contributed by atoms with Crippen molar-refractivity contribution < 1.29 is 29.5 Å². The van der Waals surface area contributed by atoms with Crippen molar-refractivity contribution in [2.45, 2.75) is 130 Å². The van der Waals surface area contributed by atoms with Gasteiger partial charge in [0.05, 0.1) is 23.1 Å². The highest BCUT2D eigenvalue weighted by Crippen LogP contribution is 2.43. The van der Waals surface area contributed by atoms with Crippen LogP contribution in [0.25, 0.3) is 0 Å². The molecule has 8 bridgehead atoms. The summed E-state index contributed by atoms with van der Waals surface area (Å²) in [6, 6.07) is 13.8. The number of non-ortho nitro benzene ring substituents is 2. The van der Waals surface area contributed by atoms with Crippen LogP contribution in [0.1, 0.15) is 150 Å². The fourth-order valence-electron chi connectivity index (χ4n) is 7.38. The maximum Gasteiger partial charge on any atom is 0.270 e. The normalized spacial score (nSPS) is 13.0. The van der Waals surface area contributed by atoms with Crippen molar-refractivity contribution in [2.24, 2.45) is 0 Å². The Morgan fingerprint density at radius 2 is 0.804 bits per heavy atom. The molecule has 4 aromatic rings. The number of phenolic OH excluding ortho intramolecular Hbond substituents is 2. The second kappa shape index (κ2) is 17.3. The second-order valence-corrected chi connectivity index (χ2v) is 17.3. The van der Waals surface area contributed by atoms with Gasteiger partial charge in [-0.25, -0.2) is 0 Å². The number of ether oxygens (including phenoxy) is 2. The van der Waals surface area contributed by atoms with Gasteiger partial charge in [0.1, 0.15) is 23.0 Å². The van der Waals surface area contributed by atoms with Gasteiger partial charge < -0.3 is 19.7 Å². The van der Waals surface area contributed by atoms with Crippen molar-refractivity contribution >= 4 is 11.4 Å². The van der Waals surface area contributed by atoms with Crippen LogP contribution in [0.15, 0.2) is 48.5 Å². The Labute approximate surface area is 331 Å². The number of aromatic hydroxyl groups is 2. The quantitative estimate of drug-likeness (QED) is 0.0725. The summed E-state index contributed by atoms with van der Waals surface area (Å²) in [4.78, 5) is 24.1. The lowest BCUT2D eigenvalue weighted by atomic mass is 9.81. The van der Waals surface area contributed by atoms with E-state index in [4.69, 9.17) is 9.47 Å². The molecule has 0 fully saturated rings. The predicted molar refractivity (Wildman–Crippen MR) is 221 cm³/mol. The molecule has 2 N–H and O–H groups in total. The molecule has 4 aromatic carbocycles. The minimum atomic E-state index is -0.425. The molecule has 300 valence electrons. The highest BCUT2D eigenvalue weighted by Gasteiger charge is 2.28. The van der Waals surface area contributed by atoms with Gasteiger partial charge in [0, 0.05) is 72.2 Å². The molecule has 0 spiro atoms. The first-order valence-corrected chi connectivity index (χ1v) is 20.0. The van der Waals surface area contributed by atoms with Crippen LogP contribution in [0.4, 0.5) is 11.4 Å². The Bertz CT molecular complexity index is 1840. The molecule has 0 unspecified atom stereocenters. The molecule has 0 heterocycles. The monoisotopic (exact) mass is 766 g/mol. The van der Waals surface area contributed by atoms with Crippen molar-refractivity contribution in [1.29, 1.82) is 0 Å². The van der Waals surface area contributed by atoms with Crippen molar-refractivity contribution in [3.63, 3.8) is 0 Å².